The molecule has 1 aromatic rings. The standard InChI is InChI=1S/C15H24N2O/c1-17(11-14-5-9-16-10-6-14)12-15(13-18)7-3-2-4-8-15/h5-6,9-10,18H,2-4,7-8,11-13H2,1H3. The SMILES string of the molecule is CN(Cc1ccncc1)CC1(CO)CCCCC1. The molecule has 0 aliphatic heterocycles. The number of hydrogen-bond acceptors (Lipinski definition) is 3. The van der Waals surface area contributed by atoms with E-state index in [9.17, 15) is 5.11 Å². The zero-order valence-corrected chi connectivity index (χ0v) is 11.3. The molecule has 1 aromatic heterocycles. The van der Waals surface area contributed by atoms with Gasteiger partial charge in [-0.3, -0.25) is 4.98 Å². The minimum absolute atomic E-state index is 0.139. The third-order valence-corrected chi connectivity index (χ3v) is 4.06. The van der Waals surface area contributed by atoms with Crippen molar-refractivity contribution in [3.63, 3.8) is 0 Å². The third kappa shape index (κ3) is 3.53. The summed E-state index contributed by atoms with van der Waals surface area (Å²) in [7, 11) is 2.15. The molecule has 100 valence electrons. The van der Waals surface area contributed by atoms with E-state index in [0.29, 0.717) is 6.61 Å². The van der Waals surface area contributed by atoms with Crippen LogP contribution < -0.4 is 0 Å². The lowest BCUT2D eigenvalue weighted by Crippen LogP contribution is -2.39. The van der Waals surface area contributed by atoms with E-state index in [0.717, 1.165) is 13.1 Å². The summed E-state index contributed by atoms with van der Waals surface area (Å²) in [6.45, 7) is 2.25. The molecule has 0 saturated heterocycles. The summed E-state index contributed by atoms with van der Waals surface area (Å²) in [6, 6.07) is 4.12. The lowest BCUT2D eigenvalue weighted by atomic mass is 9.74. The second-order valence-electron chi connectivity index (χ2n) is 5.75. The monoisotopic (exact) mass is 248 g/mol. The first kappa shape index (κ1) is 13.5. The fraction of sp³-hybridized carbons (Fsp3) is 0.667. The molecule has 0 unspecified atom stereocenters. The van der Waals surface area contributed by atoms with Crippen LogP contribution in [0.4, 0.5) is 0 Å². The molecule has 3 heteroatoms. The average molecular weight is 248 g/mol. The maximum atomic E-state index is 9.72. The molecule has 0 spiro atoms. The maximum Gasteiger partial charge on any atom is 0.0499 e. The Hall–Kier alpha value is -0.930. The second kappa shape index (κ2) is 6.30. The Bertz CT molecular complexity index is 347. The summed E-state index contributed by atoms with van der Waals surface area (Å²) in [5.41, 5.74) is 1.43. The van der Waals surface area contributed by atoms with E-state index < -0.39 is 0 Å². The summed E-state index contributed by atoms with van der Waals surface area (Å²) >= 11 is 0. The van der Waals surface area contributed by atoms with Gasteiger partial charge in [-0.1, -0.05) is 19.3 Å². The van der Waals surface area contributed by atoms with Crippen LogP contribution in [-0.4, -0.2) is 35.2 Å². The van der Waals surface area contributed by atoms with E-state index in [1.54, 1.807) is 0 Å². The van der Waals surface area contributed by atoms with Gasteiger partial charge >= 0.3 is 0 Å². The van der Waals surface area contributed by atoms with E-state index in [4.69, 9.17) is 0 Å². The predicted octanol–water partition coefficient (Wildman–Crippen LogP) is 2.46. The largest absolute Gasteiger partial charge is 0.396 e. The smallest absolute Gasteiger partial charge is 0.0499 e. The fourth-order valence-electron chi connectivity index (χ4n) is 3.10. The second-order valence-corrected chi connectivity index (χ2v) is 5.75. The lowest BCUT2D eigenvalue weighted by Gasteiger charge is -2.38. The Labute approximate surface area is 110 Å². The molecule has 0 amide bonds. The molecule has 18 heavy (non-hydrogen) atoms. The average Bonchev–Trinajstić information content (AvgIpc) is 2.41. The van der Waals surface area contributed by atoms with Crippen molar-refractivity contribution in [2.24, 2.45) is 5.41 Å². The van der Waals surface area contributed by atoms with Crippen LogP contribution in [0.15, 0.2) is 24.5 Å². The van der Waals surface area contributed by atoms with Gasteiger partial charge in [-0.05, 0) is 37.6 Å². The van der Waals surface area contributed by atoms with Crippen LogP contribution in [0.2, 0.25) is 0 Å². The van der Waals surface area contributed by atoms with Gasteiger partial charge in [0, 0.05) is 37.5 Å². The Morgan fingerprint density at radius 3 is 2.50 bits per heavy atom. The van der Waals surface area contributed by atoms with Crippen LogP contribution in [0.25, 0.3) is 0 Å². The Morgan fingerprint density at radius 2 is 1.89 bits per heavy atom. The van der Waals surface area contributed by atoms with Crippen molar-refractivity contribution in [3.8, 4) is 0 Å². The minimum Gasteiger partial charge on any atom is -0.396 e. The molecule has 0 aromatic carbocycles. The highest BCUT2D eigenvalue weighted by molar-refractivity contribution is 5.09. The number of hydrogen-bond donors (Lipinski definition) is 1. The number of aliphatic hydroxyl groups excluding tert-OH is 1. The highest BCUT2D eigenvalue weighted by atomic mass is 16.3. The van der Waals surface area contributed by atoms with Gasteiger partial charge in [0.1, 0.15) is 0 Å². The van der Waals surface area contributed by atoms with Crippen LogP contribution in [-0.2, 0) is 6.54 Å². The van der Waals surface area contributed by atoms with Gasteiger partial charge in [0.05, 0.1) is 0 Å². The molecule has 1 aliphatic rings. The molecule has 0 bridgehead atoms. The molecule has 1 fully saturated rings. The van der Waals surface area contributed by atoms with E-state index in [1.807, 2.05) is 12.4 Å². The first-order chi connectivity index (χ1) is 8.74. The van der Waals surface area contributed by atoms with E-state index in [-0.39, 0.29) is 5.41 Å². The quantitative estimate of drug-likeness (QED) is 0.869. The van der Waals surface area contributed by atoms with Crippen molar-refractivity contribution in [2.45, 2.75) is 38.6 Å². The number of aliphatic hydroxyl groups is 1. The molecule has 0 radical (unpaired) electrons. The third-order valence-electron chi connectivity index (χ3n) is 4.06. The summed E-state index contributed by atoms with van der Waals surface area (Å²) in [5.74, 6) is 0. The summed E-state index contributed by atoms with van der Waals surface area (Å²) in [5, 5.41) is 9.72. The number of rotatable bonds is 5. The molecule has 2 rings (SSSR count). The normalized spacial score (nSPS) is 19.1. The van der Waals surface area contributed by atoms with Crippen LogP contribution in [0.5, 0.6) is 0 Å². The molecule has 1 aliphatic carbocycles. The Balaban J connectivity index is 1.91. The molecule has 3 nitrogen and oxygen atoms in total. The van der Waals surface area contributed by atoms with Gasteiger partial charge in [0.25, 0.3) is 0 Å². The topological polar surface area (TPSA) is 36.4 Å². The molecular weight excluding hydrogens is 224 g/mol. The fourth-order valence-corrected chi connectivity index (χ4v) is 3.10. The van der Waals surface area contributed by atoms with E-state index in [1.165, 1.54) is 37.7 Å². The van der Waals surface area contributed by atoms with Crippen LogP contribution >= 0.6 is 0 Å². The Kier molecular flexibility index (Phi) is 4.72. The summed E-state index contributed by atoms with van der Waals surface area (Å²) < 4.78 is 0. The van der Waals surface area contributed by atoms with Crippen molar-refractivity contribution in [2.75, 3.05) is 20.2 Å². The van der Waals surface area contributed by atoms with Gasteiger partial charge in [-0.2, -0.15) is 0 Å². The molecular formula is C15H24N2O. The van der Waals surface area contributed by atoms with E-state index >= 15 is 0 Å². The summed E-state index contributed by atoms with van der Waals surface area (Å²) in [6.07, 6.45) is 9.88. The van der Waals surface area contributed by atoms with Gasteiger partial charge < -0.3 is 10.0 Å². The Morgan fingerprint density at radius 1 is 1.22 bits per heavy atom. The molecule has 1 saturated carbocycles. The van der Waals surface area contributed by atoms with Crippen LogP contribution in [0.1, 0.15) is 37.7 Å². The van der Waals surface area contributed by atoms with Crippen molar-refractivity contribution >= 4 is 0 Å². The van der Waals surface area contributed by atoms with Crippen molar-refractivity contribution < 1.29 is 5.11 Å². The van der Waals surface area contributed by atoms with Crippen molar-refractivity contribution in [3.05, 3.63) is 30.1 Å². The van der Waals surface area contributed by atoms with E-state index in [2.05, 4.69) is 29.1 Å². The molecule has 1 N–H and O–H groups in total. The highest BCUT2D eigenvalue weighted by Crippen LogP contribution is 2.36. The number of aromatic nitrogens is 1. The molecule has 1 heterocycles. The van der Waals surface area contributed by atoms with Gasteiger partial charge in [-0.15, -0.1) is 0 Å². The van der Waals surface area contributed by atoms with Crippen LogP contribution in [0.3, 0.4) is 0 Å². The first-order valence-electron chi connectivity index (χ1n) is 6.92. The number of nitrogens with zero attached hydrogens (tertiary/aromatic N) is 2. The predicted molar refractivity (Wildman–Crippen MR) is 73.2 cm³/mol. The minimum atomic E-state index is 0.139. The number of pyridine rings is 1. The lowest BCUT2D eigenvalue weighted by molar-refractivity contribution is 0.0464. The van der Waals surface area contributed by atoms with Gasteiger partial charge in [0.15, 0.2) is 0 Å². The van der Waals surface area contributed by atoms with Crippen molar-refractivity contribution in [1.29, 1.82) is 0 Å². The van der Waals surface area contributed by atoms with Gasteiger partial charge in [-0.25, -0.2) is 0 Å². The van der Waals surface area contributed by atoms with Crippen molar-refractivity contribution in [1.82, 2.24) is 9.88 Å². The van der Waals surface area contributed by atoms with Crippen LogP contribution in [0, 0.1) is 5.41 Å². The highest BCUT2D eigenvalue weighted by Gasteiger charge is 2.32. The van der Waals surface area contributed by atoms with Gasteiger partial charge in [0.2, 0.25) is 0 Å². The molecule has 0 atom stereocenters. The zero-order valence-electron chi connectivity index (χ0n) is 11.3. The zero-order chi connectivity index (χ0) is 12.8. The maximum absolute atomic E-state index is 9.72. The summed E-state index contributed by atoms with van der Waals surface area (Å²) in [4.78, 5) is 6.37. The first-order valence-corrected chi connectivity index (χ1v) is 6.92.